The molecule has 0 radical (unpaired) electrons. The summed E-state index contributed by atoms with van der Waals surface area (Å²) in [5.74, 6) is 0.622. The van der Waals surface area contributed by atoms with Crippen LogP contribution in [0, 0.1) is 6.92 Å². The van der Waals surface area contributed by atoms with Crippen molar-refractivity contribution in [2.75, 3.05) is 7.11 Å². The molecule has 0 unspecified atom stereocenters. The lowest BCUT2D eigenvalue weighted by Gasteiger charge is -2.05. The molecule has 0 aliphatic rings. The van der Waals surface area contributed by atoms with E-state index in [1.807, 2.05) is 6.92 Å². The predicted octanol–water partition coefficient (Wildman–Crippen LogP) is 3.31. The molecule has 0 fully saturated rings. The molecule has 3 heteroatoms. The third-order valence-corrected chi connectivity index (χ3v) is 2.11. The fraction of sp³-hybridized carbons (Fsp3) is 0.250. The van der Waals surface area contributed by atoms with Gasteiger partial charge in [0.25, 0.3) is 0 Å². The van der Waals surface area contributed by atoms with E-state index in [2.05, 4.69) is 0 Å². The Morgan fingerprint density at radius 1 is 1.27 bits per heavy atom. The quantitative estimate of drug-likeness (QED) is 0.661. The second-order valence-electron chi connectivity index (χ2n) is 2.24. The molecule has 1 aromatic rings. The first kappa shape index (κ1) is 8.69. The van der Waals surface area contributed by atoms with E-state index in [9.17, 15) is 0 Å². The van der Waals surface area contributed by atoms with Crippen LogP contribution < -0.4 is 4.74 Å². The maximum absolute atomic E-state index is 5.88. The van der Waals surface area contributed by atoms with Gasteiger partial charge in [-0.05, 0) is 18.6 Å². The zero-order valence-corrected chi connectivity index (χ0v) is 7.83. The number of ether oxygens (including phenoxy) is 1. The van der Waals surface area contributed by atoms with Crippen LogP contribution in [0.5, 0.6) is 5.75 Å². The number of methoxy groups -OCH3 is 1. The van der Waals surface area contributed by atoms with Crippen molar-refractivity contribution in [3.05, 3.63) is 27.7 Å². The standard InChI is InChI=1S/C8H8Cl2O/c1-5-3-6(9)4-7(11-2)8(5)10/h3-4H,1-2H3. The molecule has 0 aromatic heterocycles. The Labute approximate surface area is 75.9 Å². The molecule has 0 aliphatic carbocycles. The van der Waals surface area contributed by atoms with Crippen molar-refractivity contribution in [1.29, 1.82) is 0 Å². The number of rotatable bonds is 1. The number of halogens is 2. The molecule has 1 nitrogen and oxygen atoms in total. The Hall–Kier alpha value is -0.400. The number of benzene rings is 1. The molecule has 0 aliphatic heterocycles. The normalized spacial score (nSPS) is 9.82. The molecule has 0 heterocycles. The minimum atomic E-state index is 0.622. The molecule has 60 valence electrons. The highest BCUT2D eigenvalue weighted by Gasteiger charge is 2.04. The third kappa shape index (κ3) is 1.79. The molecule has 0 atom stereocenters. The van der Waals surface area contributed by atoms with Gasteiger partial charge in [0, 0.05) is 11.1 Å². The average Bonchev–Trinajstić information content (AvgIpc) is 1.96. The van der Waals surface area contributed by atoms with Gasteiger partial charge < -0.3 is 4.74 Å². The summed E-state index contributed by atoms with van der Waals surface area (Å²) < 4.78 is 4.99. The van der Waals surface area contributed by atoms with Crippen LogP contribution in [0.15, 0.2) is 12.1 Å². The number of aryl methyl sites for hydroxylation is 1. The van der Waals surface area contributed by atoms with Crippen molar-refractivity contribution in [2.24, 2.45) is 0 Å². The number of hydrogen-bond acceptors (Lipinski definition) is 1. The molecule has 0 bridgehead atoms. The summed E-state index contributed by atoms with van der Waals surface area (Å²) in [4.78, 5) is 0. The summed E-state index contributed by atoms with van der Waals surface area (Å²) in [5, 5.41) is 1.26. The molecule has 1 aromatic carbocycles. The Bertz CT molecular complexity index is 271. The van der Waals surface area contributed by atoms with Gasteiger partial charge in [-0.1, -0.05) is 23.2 Å². The molecule has 0 amide bonds. The smallest absolute Gasteiger partial charge is 0.139 e. The van der Waals surface area contributed by atoms with Gasteiger partial charge in [0.05, 0.1) is 12.1 Å². The summed E-state index contributed by atoms with van der Waals surface area (Å²) in [6.45, 7) is 1.89. The zero-order chi connectivity index (χ0) is 8.43. The van der Waals surface area contributed by atoms with Crippen LogP contribution in [-0.2, 0) is 0 Å². The lowest BCUT2D eigenvalue weighted by Crippen LogP contribution is -1.86. The summed E-state index contributed by atoms with van der Waals surface area (Å²) in [5.41, 5.74) is 0.927. The molecular formula is C8H8Cl2O. The minimum Gasteiger partial charge on any atom is -0.495 e. The monoisotopic (exact) mass is 190 g/mol. The van der Waals surface area contributed by atoms with E-state index in [4.69, 9.17) is 27.9 Å². The summed E-state index contributed by atoms with van der Waals surface area (Å²) in [7, 11) is 1.57. The highest BCUT2D eigenvalue weighted by atomic mass is 35.5. The van der Waals surface area contributed by atoms with Crippen LogP contribution in [0.4, 0.5) is 0 Å². The molecule has 11 heavy (non-hydrogen) atoms. The topological polar surface area (TPSA) is 9.23 Å². The van der Waals surface area contributed by atoms with Crippen molar-refractivity contribution in [3.8, 4) is 5.75 Å². The second-order valence-corrected chi connectivity index (χ2v) is 3.05. The van der Waals surface area contributed by atoms with E-state index in [1.165, 1.54) is 0 Å². The van der Waals surface area contributed by atoms with E-state index in [1.54, 1.807) is 19.2 Å². The van der Waals surface area contributed by atoms with Crippen LogP contribution in [0.3, 0.4) is 0 Å². The lowest BCUT2D eigenvalue weighted by molar-refractivity contribution is 0.415. The fourth-order valence-electron chi connectivity index (χ4n) is 0.843. The van der Waals surface area contributed by atoms with E-state index in [-0.39, 0.29) is 0 Å². The predicted molar refractivity (Wildman–Crippen MR) is 47.8 cm³/mol. The van der Waals surface area contributed by atoms with Gasteiger partial charge in [-0.2, -0.15) is 0 Å². The van der Waals surface area contributed by atoms with Gasteiger partial charge in [-0.25, -0.2) is 0 Å². The van der Waals surface area contributed by atoms with Crippen molar-refractivity contribution < 1.29 is 4.74 Å². The SMILES string of the molecule is COc1cc(Cl)cc(C)c1Cl. The van der Waals surface area contributed by atoms with E-state index in [0.717, 1.165) is 5.56 Å². The number of hydrogen-bond donors (Lipinski definition) is 0. The largest absolute Gasteiger partial charge is 0.495 e. The van der Waals surface area contributed by atoms with Crippen molar-refractivity contribution in [1.82, 2.24) is 0 Å². The molecular weight excluding hydrogens is 183 g/mol. The maximum atomic E-state index is 5.88. The highest BCUT2D eigenvalue weighted by molar-refractivity contribution is 6.34. The Morgan fingerprint density at radius 2 is 1.91 bits per heavy atom. The summed E-state index contributed by atoms with van der Waals surface area (Å²) >= 11 is 11.6. The van der Waals surface area contributed by atoms with Gasteiger partial charge >= 0.3 is 0 Å². The molecule has 1 rings (SSSR count). The van der Waals surface area contributed by atoms with Crippen LogP contribution in [0.1, 0.15) is 5.56 Å². The first-order valence-electron chi connectivity index (χ1n) is 3.15. The van der Waals surface area contributed by atoms with Gasteiger partial charge in [-0.3, -0.25) is 0 Å². The first-order valence-corrected chi connectivity index (χ1v) is 3.90. The van der Waals surface area contributed by atoms with Gasteiger partial charge in [0.2, 0.25) is 0 Å². The van der Waals surface area contributed by atoms with Crippen molar-refractivity contribution in [3.63, 3.8) is 0 Å². The first-order chi connectivity index (χ1) is 5.15. The maximum Gasteiger partial charge on any atom is 0.139 e. The van der Waals surface area contributed by atoms with Crippen LogP contribution >= 0.6 is 23.2 Å². The Kier molecular flexibility index (Phi) is 2.63. The van der Waals surface area contributed by atoms with E-state index >= 15 is 0 Å². The summed E-state index contributed by atoms with van der Waals surface area (Å²) in [6, 6.07) is 3.49. The van der Waals surface area contributed by atoms with Crippen LogP contribution in [0.25, 0.3) is 0 Å². The average molecular weight is 191 g/mol. The molecule has 0 saturated heterocycles. The van der Waals surface area contributed by atoms with Gasteiger partial charge in [0.15, 0.2) is 0 Å². The highest BCUT2D eigenvalue weighted by Crippen LogP contribution is 2.30. The second kappa shape index (κ2) is 3.33. The lowest BCUT2D eigenvalue weighted by atomic mass is 10.2. The van der Waals surface area contributed by atoms with Crippen LogP contribution in [0.2, 0.25) is 10.0 Å². The molecule has 0 saturated carbocycles. The Morgan fingerprint density at radius 3 is 2.45 bits per heavy atom. The van der Waals surface area contributed by atoms with Gasteiger partial charge in [0.1, 0.15) is 5.75 Å². The van der Waals surface area contributed by atoms with Gasteiger partial charge in [-0.15, -0.1) is 0 Å². The fourth-order valence-corrected chi connectivity index (χ4v) is 1.29. The summed E-state index contributed by atoms with van der Waals surface area (Å²) in [6.07, 6.45) is 0. The molecule has 0 spiro atoms. The van der Waals surface area contributed by atoms with Crippen molar-refractivity contribution in [2.45, 2.75) is 6.92 Å². The van der Waals surface area contributed by atoms with Crippen LogP contribution in [-0.4, -0.2) is 7.11 Å². The third-order valence-electron chi connectivity index (χ3n) is 1.41. The van der Waals surface area contributed by atoms with E-state index in [0.29, 0.717) is 15.8 Å². The van der Waals surface area contributed by atoms with Crippen molar-refractivity contribution >= 4 is 23.2 Å². The Balaban J connectivity index is 3.24. The van der Waals surface area contributed by atoms with E-state index < -0.39 is 0 Å². The minimum absolute atomic E-state index is 0.622. The molecule has 0 N–H and O–H groups in total. The zero-order valence-electron chi connectivity index (χ0n) is 6.32.